The second-order valence-electron chi connectivity index (χ2n) is 5.14. The minimum atomic E-state index is -4.45. The minimum Gasteiger partial charge on any atom is -0.484 e. The summed E-state index contributed by atoms with van der Waals surface area (Å²) in [5.41, 5.74) is 0. The predicted molar refractivity (Wildman–Crippen MR) is 78.7 cm³/mol. The summed E-state index contributed by atoms with van der Waals surface area (Å²) < 4.78 is 43.8. The number of carbonyl (C=O) groups is 1. The number of amides is 1. The van der Waals surface area contributed by atoms with Crippen LogP contribution in [-0.4, -0.2) is 47.9 Å². The molecular formula is C14H14Cl2F3NO3. The lowest BCUT2D eigenvalue weighted by molar-refractivity contribution is -0.184. The van der Waals surface area contributed by atoms with E-state index in [0.29, 0.717) is 5.02 Å². The molecule has 1 amide bonds. The van der Waals surface area contributed by atoms with Crippen molar-refractivity contribution >= 4 is 29.1 Å². The van der Waals surface area contributed by atoms with E-state index in [2.05, 4.69) is 0 Å². The molecule has 9 heteroatoms. The quantitative estimate of drug-likeness (QED) is 0.884. The Morgan fingerprint density at radius 1 is 1.35 bits per heavy atom. The Labute approximate surface area is 140 Å². The molecule has 0 bridgehead atoms. The number of benzene rings is 1. The van der Waals surface area contributed by atoms with Crippen molar-refractivity contribution in [3.63, 3.8) is 0 Å². The number of ether oxygens (including phenoxy) is 1. The topological polar surface area (TPSA) is 49.8 Å². The average molecular weight is 372 g/mol. The van der Waals surface area contributed by atoms with Crippen molar-refractivity contribution < 1.29 is 27.8 Å². The van der Waals surface area contributed by atoms with Crippen LogP contribution in [0.1, 0.15) is 6.42 Å². The predicted octanol–water partition coefficient (Wildman–Crippen LogP) is 3.14. The van der Waals surface area contributed by atoms with E-state index in [1.807, 2.05) is 0 Å². The van der Waals surface area contributed by atoms with Gasteiger partial charge < -0.3 is 14.7 Å². The van der Waals surface area contributed by atoms with Crippen LogP contribution in [0.2, 0.25) is 10.0 Å². The van der Waals surface area contributed by atoms with Crippen LogP contribution >= 0.6 is 23.2 Å². The van der Waals surface area contributed by atoms with Gasteiger partial charge in [0, 0.05) is 12.6 Å². The molecule has 1 saturated heterocycles. The number of hydrogen-bond acceptors (Lipinski definition) is 3. The van der Waals surface area contributed by atoms with Crippen molar-refractivity contribution in [3.8, 4) is 5.75 Å². The molecule has 2 rings (SSSR count). The van der Waals surface area contributed by atoms with E-state index in [4.69, 9.17) is 27.9 Å². The van der Waals surface area contributed by atoms with Crippen LogP contribution in [-0.2, 0) is 4.79 Å². The van der Waals surface area contributed by atoms with Gasteiger partial charge in [0.2, 0.25) is 0 Å². The standard InChI is InChI=1S/C14H14Cl2F3NO3/c15-10-2-1-8(5-11(10)16)23-7-13(22)20-4-3-9(12(20)6-21)14(17,18)19/h1-2,5,9,12,21H,3-4,6-7H2/t9-,12+/m0/s1. The Morgan fingerprint density at radius 2 is 2.04 bits per heavy atom. The maximum absolute atomic E-state index is 12.9. The van der Waals surface area contributed by atoms with Gasteiger partial charge in [-0.3, -0.25) is 4.79 Å². The molecule has 1 N–H and O–H groups in total. The highest BCUT2D eigenvalue weighted by Crippen LogP contribution is 2.38. The first kappa shape index (κ1) is 18.2. The van der Waals surface area contributed by atoms with Crippen LogP contribution in [0.25, 0.3) is 0 Å². The van der Waals surface area contributed by atoms with Gasteiger partial charge >= 0.3 is 6.18 Å². The molecule has 1 aromatic rings. The molecular weight excluding hydrogens is 358 g/mol. The molecule has 0 radical (unpaired) electrons. The maximum Gasteiger partial charge on any atom is 0.393 e. The molecule has 1 aliphatic rings. The van der Waals surface area contributed by atoms with Crippen LogP contribution in [0.15, 0.2) is 18.2 Å². The van der Waals surface area contributed by atoms with E-state index in [-0.39, 0.29) is 23.7 Å². The zero-order chi connectivity index (χ0) is 17.2. The molecule has 2 atom stereocenters. The lowest BCUT2D eigenvalue weighted by Gasteiger charge is -2.27. The summed E-state index contributed by atoms with van der Waals surface area (Å²) in [4.78, 5) is 13.1. The fourth-order valence-corrected chi connectivity index (χ4v) is 2.85. The van der Waals surface area contributed by atoms with E-state index >= 15 is 0 Å². The van der Waals surface area contributed by atoms with Gasteiger partial charge in [0.05, 0.1) is 28.6 Å². The number of nitrogens with zero attached hydrogens (tertiary/aromatic N) is 1. The van der Waals surface area contributed by atoms with Crippen molar-refractivity contribution in [2.24, 2.45) is 5.92 Å². The SMILES string of the molecule is O=C(COc1ccc(Cl)c(Cl)c1)N1CC[C@H](C(F)(F)F)[C@H]1CO. The van der Waals surface area contributed by atoms with Crippen LogP contribution in [0, 0.1) is 5.92 Å². The largest absolute Gasteiger partial charge is 0.484 e. The van der Waals surface area contributed by atoms with Gasteiger partial charge in [-0.2, -0.15) is 13.2 Å². The molecule has 1 aliphatic heterocycles. The van der Waals surface area contributed by atoms with Crippen molar-refractivity contribution in [2.75, 3.05) is 19.8 Å². The highest BCUT2D eigenvalue weighted by Gasteiger charge is 2.51. The second-order valence-corrected chi connectivity index (χ2v) is 5.95. The molecule has 0 aromatic heterocycles. The van der Waals surface area contributed by atoms with Crippen molar-refractivity contribution in [1.82, 2.24) is 4.90 Å². The van der Waals surface area contributed by atoms with Crippen molar-refractivity contribution in [1.29, 1.82) is 0 Å². The van der Waals surface area contributed by atoms with Crippen molar-refractivity contribution in [2.45, 2.75) is 18.6 Å². The second kappa shape index (κ2) is 7.15. The van der Waals surface area contributed by atoms with Gasteiger partial charge in [-0.15, -0.1) is 0 Å². The average Bonchev–Trinajstić information content (AvgIpc) is 2.92. The summed E-state index contributed by atoms with van der Waals surface area (Å²) in [5.74, 6) is -2.07. The lowest BCUT2D eigenvalue weighted by Crippen LogP contribution is -2.45. The molecule has 128 valence electrons. The number of aliphatic hydroxyl groups is 1. The summed E-state index contributed by atoms with van der Waals surface area (Å²) >= 11 is 11.6. The number of aliphatic hydroxyl groups excluding tert-OH is 1. The third-order valence-electron chi connectivity index (χ3n) is 3.73. The third-order valence-corrected chi connectivity index (χ3v) is 4.47. The van der Waals surface area contributed by atoms with E-state index in [1.165, 1.54) is 18.2 Å². The highest BCUT2D eigenvalue weighted by atomic mass is 35.5. The first-order valence-electron chi connectivity index (χ1n) is 6.79. The number of hydrogen-bond donors (Lipinski definition) is 1. The van der Waals surface area contributed by atoms with Gasteiger partial charge in [0.15, 0.2) is 6.61 Å². The number of alkyl halides is 3. The molecule has 0 aliphatic carbocycles. The van der Waals surface area contributed by atoms with Crippen LogP contribution < -0.4 is 4.74 Å². The Balaban J connectivity index is 1.99. The van der Waals surface area contributed by atoms with Crippen LogP contribution in [0.3, 0.4) is 0 Å². The Kier molecular flexibility index (Phi) is 5.65. The van der Waals surface area contributed by atoms with Crippen molar-refractivity contribution in [3.05, 3.63) is 28.2 Å². The normalized spacial score (nSPS) is 21.6. The summed E-state index contributed by atoms with van der Waals surface area (Å²) in [5, 5.41) is 9.76. The molecule has 0 saturated carbocycles. The van der Waals surface area contributed by atoms with E-state index in [9.17, 15) is 23.1 Å². The number of rotatable bonds is 4. The molecule has 0 spiro atoms. The summed E-state index contributed by atoms with van der Waals surface area (Å²) in [6.07, 6.45) is -4.68. The van der Waals surface area contributed by atoms with Gasteiger partial charge in [-0.05, 0) is 18.6 Å². The maximum atomic E-state index is 12.9. The van der Waals surface area contributed by atoms with Crippen LogP contribution in [0.4, 0.5) is 13.2 Å². The van der Waals surface area contributed by atoms with E-state index in [1.54, 1.807) is 0 Å². The molecule has 23 heavy (non-hydrogen) atoms. The van der Waals surface area contributed by atoms with E-state index < -0.39 is 37.3 Å². The van der Waals surface area contributed by atoms with Gasteiger partial charge in [0.25, 0.3) is 5.91 Å². The lowest BCUT2D eigenvalue weighted by atomic mass is 10.0. The van der Waals surface area contributed by atoms with Gasteiger partial charge in [-0.1, -0.05) is 23.2 Å². The molecule has 1 fully saturated rings. The zero-order valence-corrected chi connectivity index (χ0v) is 13.3. The zero-order valence-electron chi connectivity index (χ0n) is 11.8. The summed E-state index contributed by atoms with van der Waals surface area (Å²) in [7, 11) is 0. The highest BCUT2D eigenvalue weighted by molar-refractivity contribution is 6.42. The van der Waals surface area contributed by atoms with Crippen LogP contribution in [0.5, 0.6) is 5.75 Å². The Bertz CT molecular complexity index is 583. The van der Waals surface area contributed by atoms with Gasteiger partial charge in [-0.25, -0.2) is 0 Å². The molecule has 1 aromatic carbocycles. The monoisotopic (exact) mass is 371 g/mol. The van der Waals surface area contributed by atoms with E-state index in [0.717, 1.165) is 4.90 Å². The van der Waals surface area contributed by atoms with Gasteiger partial charge in [0.1, 0.15) is 5.75 Å². The molecule has 0 unspecified atom stereocenters. The molecule has 4 nitrogen and oxygen atoms in total. The number of halogens is 5. The Hall–Kier alpha value is -1.18. The number of likely N-dealkylation sites (tertiary alicyclic amines) is 1. The minimum absolute atomic E-state index is 0.0705. The smallest absolute Gasteiger partial charge is 0.393 e. The first-order chi connectivity index (χ1) is 10.7. The molecule has 1 heterocycles. The summed E-state index contributed by atoms with van der Waals surface area (Å²) in [6, 6.07) is 3.10. The Morgan fingerprint density at radius 3 is 2.61 bits per heavy atom. The fourth-order valence-electron chi connectivity index (χ4n) is 2.57. The third kappa shape index (κ3) is 4.22. The fraction of sp³-hybridized carbons (Fsp3) is 0.500. The number of carbonyl (C=O) groups excluding carboxylic acids is 1. The first-order valence-corrected chi connectivity index (χ1v) is 7.54. The summed E-state index contributed by atoms with van der Waals surface area (Å²) in [6.45, 7) is -1.26.